The second kappa shape index (κ2) is 9.75. The van der Waals surface area contributed by atoms with Crippen molar-refractivity contribution >= 4 is 22.7 Å². The molecule has 2 saturated carbocycles. The minimum absolute atomic E-state index is 0.487. The smallest absolute Gasteiger partial charge is 0.225 e. The van der Waals surface area contributed by atoms with Crippen LogP contribution in [0.15, 0.2) is 24.3 Å². The molecule has 0 saturated heterocycles. The molecule has 0 amide bonds. The first kappa shape index (κ1) is 20.4. The van der Waals surface area contributed by atoms with Crippen molar-refractivity contribution in [2.24, 2.45) is 11.8 Å². The number of rotatable bonds is 7. The maximum absolute atomic E-state index is 4.81. The molecule has 1 aromatic heterocycles. The summed E-state index contributed by atoms with van der Waals surface area (Å²) >= 11 is 0. The van der Waals surface area contributed by atoms with Gasteiger partial charge in [-0.3, -0.25) is 0 Å². The maximum Gasteiger partial charge on any atom is 0.225 e. The zero-order valence-corrected chi connectivity index (χ0v) is 18.2. The lowest BCUT2D eigenvalue weighted by Crippen LogP contribution is -2.34. The first-order chi connectivity index (χ1) is 14.2. The molecule has 2 aliphatic carbocycles. The Hall–Kier alpha value is -1.88. The number of nitrogens with one attached hydrogen (secondary N) is 2. The Bertz CT molecular complexity index is 776. The predicted octanol–water partition coefficient (Wildman–Crippen LogP) is 4.84. The first-order valence-electron chi connectivity index (χ1n) is 11.6. The van der Waals surface area contributed by atoms with Gasteiger partial charge in [0.25, 0.3) is 0 Å². The molecule has 1 aromatic carbocycles. The molecule has 0 bridgehead atoms. The van der Waals surface area contributed by atoms with Crippen molar-refractivity contribution in [1.82, 2.24) is 15.3 Å². The van der Waals surface area contributed by atoms with Gasteiger partial charge in [0, 0.05) is 25.5 Å². The fourth-order valence-electron chi connectivity index (χ4n) is 5.04. The van der Waals surface area contributed by atoms with Gasteiger partial charge in [0.15, 0.2) is 0 Å². The van der Waals surface area contributed by atoms with Crippen LogP contribution in [0.4, 0.5) is 11.8 Å². The molecule has 158 valence electrons. The largest absolute Gasteiger partial charge is 0.362 e. The van der Waals surface area contributed by atoms with E-state index in [9.17, 15) is 0 Å². The van der Waals surface area contributed by atoms with Crippen LogP contribution in [0.25, 0.3) is 10.9 Å². The van der Waals surface area contributed by atoms with Crippen molar-refractivity contribution in [2.45, 2.75) is 63.8 Å². The van der Waals surface area contributed by atoms with Crippen molar-refractivity contribution in [3.8, 4) is 0 Å². The van der Waals surface area contributed by atoms with E-state index in [0.29, 0.717) is 6.04 Å². The van der Waals surface area contributed by atoms with Crippen molar-refractivity contribution in [3.63, 3.8) is 0 Å². The summed E-state index contributed by atoms with van der Waals surface area (Å²) in [5.41, 5.74) is 1.01. The fourth-order valence-corrected chi connectivity index (χ4v) is 5.04. The molecule has 2 aromatic rings. The number of anilines is 2. The number of para-hydroxylation sites is 1. The van der Waals surface area contributed by atoms with Crippen LogP contribution >= 0.6 is 0 Å². The lowest BCUT2D eigenvalue weighted by Gasteiger charge is -2.30. The molecule has 0 unspecified atom stereocenters. The second-order valence-corrected chi connectivity index (χ2v) is 9.31. The van der Waals surface area contributed by atoms with Gasteiger partial charge < -0.3 is 15.5 Å². The number of aromatic nitrogens is 2. The Kier molecular flexibility index (Phi) is 6.86. The Balaban J connectivity index is 1.27. The third-order valence-electron chi connectivity index (χ3n) is 6.78. The second-order valence-electron chi connectivity index (χ2n) is 9.31. The zero-order valence-electron chi connectivity index (χ0n) is 18.2. The van der Waals surface area contributed by atoms with E-state index in [1.54, 1.807) is 0 Å². The molecule has 2 aliphatic rings. The van der Waals surface area contributed by atoms with E-state index in [4.69, 9.17) is 9.97 Å². The Morgan fingerprint density at radius 3 is 2.28 bits per heavy atom. The normalized spacial score (nSPS) is 23.2. The van der Waals surface area contributed by atoms with Gasteiger partial charge in [-0.15, -0.1) is 0 Å². The van der Waals surface area contributed by atoms with Crippen LogP contribution in [-0.2, 0) is 0 Å². The molecule has 0 atom stereocenters. The van der Waals surface area contributed by atoms with Gasteiger partial charge in [0.05, 0.1) is 5.52 Å². The summed E-state index contributed by atoms with van der Waals surface area (Å²) in [7, 11) is 4.09. The van der Waals surface area contributed by atoms with Crippen molar-refractivity contribution in [1.29, 1.82) is 0 Å². The van der Waals surface area contributed by atoms with E-state index >= 15 is 0 Å². The summed E-state index contributed by atoms with van der Waals surface area (Å²) < 4.78 is 0. The van der Waals surface area contributed by atoms with E-state index in [0.717, 1.165) is 34.5 Å². The molecular weight excluding hydrogens is 358 g/mol. The third kappa shape index (κ3) is 5.39. The molecule has 0 spiro atoms. The molecule has 2 fully saturated rings. The number of hydrogen-bond donors (Lipinski definition) is 2. The molecule has 4 rings (SSSR count). The van der Waals surface area contributed by atoms with Gasteiger partial charge in [-0.1, -0.05) is 31.4 Å². The first-order valence-corrected chi connectivity index (χ1v) is 11.6. The summed E-state index contributed by atoms with van der Waals surface area (Å²) in [5.74, 6) is 3.51. The van der Waals surface area contributed by atoms with Crippen LogP contribution in [0, 0.1) is 11.8 Å². The molecule has 1 heterocycles. The molecule has 5 heteroatoms. The van der Waals surface area contributed by atoms with Gasteiger partial charge in [-0.05, 0) is 75.6 Å². The SMILES string of the molecule is CN(C)c1nc(NC2CCC(CNCC3CCCCC3)CC2)nc2ccccc12. The van der Waals surface area contributed by atoms with Crippen LogP contribution in [0.5, 0.6) is 0 Å². The minimum atomic E-state index is 0.487. The molecule has 0 radical (unpaired) electrons. The van der Waals surface area contributed by atoms with Crippen molar-refractivity contribution < 1.29 is 0 Å². The molecule has 2 N–H and O–H groups in total. The van der Waals surface area contributed by atoms with E-state index in [1.165, 1.54) is 70.9 Å². The van der Waals surface area contributed by atoms with E-state index in [2.05, 4.69) is 33.7 Å². The van der Waals surface area contributed by atoms with Crippen LogP contribution in [0.3, 0.4) is 0 Å². The molecule has 29 heavy (non-hydrogen) atoms. The zero-order chi connectivity index (χ0) is 20.1. The van der Waals surface area contributed by atoms with Gasteiger partial charge in [0.2, 0.25) is 5.95 Å². The summed E-state index contributed by atoms with van der Waals surface area (Å²) in [6.07, 6.45) is 12.2. The molecule has 5 nitrogen and oxygen atoms in total. The highest BCUT2D eigenvalue weighted by atomic mass is 15.2. The lowest BCUT2D eigenvalue weighted by atomic mass is 9.85. The Morgan fingerprint density at radius 1 is 0.862 bits per heavy atom. The molecular formula is C24H37N5. The fraction of sp³-hybridized carbons (Fsp3) is 0.667. The number of hydrogen-bond acceptors (Lipinski definition) is 5. The Labute approximate surface area is 175 Å². The van der Waals surface area contributed by atoms with Gasteiger partial charge >= 0.3 is 0 Å². The van der Waals surface area contributed by atoms with Crippen molar-refractivity contribution in [3.05, 3.63) is 24.3 Å². The number of benzene rings is 1. The van der Waals surface area contributed by atoms with E-state index in [1.807, 2.05) is 20.2 Å². The maximum atomic E-state index is 4.81. The van der Waals surface area contributed by atoms with Crippen LogP contribution in [0.1, 0.15) is 57.8 Å². The topological polar surface area (TPSA) is 53.1 Å². The van der Waals surface area contributed by atoms with E-state index in [-0.39, 0.29) is 0 Å². The summed E-state index contributed by atoms with van der Waals surface area (Å²) in [4.78, 5) is 11.7. The quantitative estimate of drug-likeness (QED) is 0.703. The highest BCUT2D eigenvalue weighted by molar-refractivity contribution is 5.90. The average Bonchev–Trinajstić information content (AvgIpc) is 2.75. The number of nitrogens with zero attached hydrogens (tertiary/aromatic N) is 3. The Morgan fingerprint density at radius 2 is 1.55 bits per heavy atom. The standard InChI is InChI=1S/C24H37N5/c1-29(2)23-21-10-6-7-11-22(21)27-24(28-23)26-20-14-12-19(13-15-20)17-25-16-18-8-4-3-5-9-18/h6-7,10-11,18-20,25H,3-5,8-9,12-17H2,1-2H3,(H,26,27,28). The number of fused-ring (bicyclic) bond motifs is 1. The van der Waals surface area contributed by atoms with Crippen LogP contribution < -0.4 is 15.5 Å². The minimum Gasteiger partial charge on any atom is -0.362 e. The van der Waals surface area contributed by atoms with Crippen LogP contribution in [-0.4, -0.2) is 43.2 Å². The predicted molar refractivity (Wildman–Crippen MR) is 123 cm³/mol. The molecule has 0 aliphatic heterocycles. The highest BCUT2D eigenvalue weighted by Crippen LogP contribution is 2.28. The highest BCUT2D eigenvalue weighted by Gasteiger charge is 2.22. The van der Waals surface area contributed by atoms with E-state index < -0.39 is 0 Å². The van der Waals surface area contributed by atoms with Crippen molar-refractivity contribution in [2.75, 3.05) is 37.4 Å². The summed E-state index contributed by atoms with van der Waals surface area (Å²) in [5, 5.41) is 8.51. The lowest BCUT2D eigenvalue weighted by molar-refractivity contribution is 0.297. The van der Waals surface area contributed by atoms with Gasteiger partial charge in [-0.2, -0.15) is 4.98 Å². The monoisotopic (exact) mass is 395 g/mol. The third-order valence-corrected chi connectivity index (χ3v) is 6.78. The average molecular weight is 396 g/mol. The van der Waals surface area contributed by atoms with Gasteiger partial charge in [0.1, 0.15) is 5.82 Å². The van der Waals surface area contributed by atoms with Gasteiger partial charge in [-0.25, -0.2) is 4.98 Å². The summed E-state index contributed by atoms with van der Waals surface area (Å²) in [6.45, 7) is 2.43. The summed E-state index contributed by atoms with van der Waals surface area (Å²) in [6, 6.07) is 8.75. The van der Waals surface area contributed by atoms with Crippen LogP contribution in [0.2, 0.25) is 0 Å².